The molecule has 0 bridgehead atoms. The van der Waals surface area contributed by atoms with Gasteiger partial charge in [0.2, 0.25) is 0 Å². The van der Waals surface area contributed by atoms with E-state index in [4.69, 9.17) is 4.74 Å². The summed E-state index contributed by atoms with van der Waals surface area (Å²) >= 11 is 5.62. The Kier molecular flexibility index (Phi) is 4.63. The molecule has 1 aromatic rings. The highest BCUT2D eigenvalue weighted by atomic mass is 79.9. The maximum absolute atomic E-state index is 5.77. The standard InChI is InChI=1S/C16H22BrNOS/c1-20-16(7-2-3-8-16)11-18-14-6-9-19-15-5-4-12(17)10-13(14)15/h4-5,10,14,18H,2-3,6-9,11H2,1H3. The molecule has 110 valence electrons. The van der Waals surface area contributed by atoms with Crippen LogP contribution < -0.4 is 10.1 Å². The lowest BCUT2D eigenvalue weighted by Gasteiger charge is -2.32. The van der Waals surface area contributed by atoms with Gasteiger partial charge in [-0.05, 0) is 37.3 Å². The second-order valence-electron chi connectivity index (χ2n) is 5.85. The Morgan fingerprint density at radius 1 is 1.40 bits per heavy atom. The molecule has 4 heteroatoms. The number of benzene rings is 1. The summed E-state index contributed by atoms with van der Waals surface area (Å²) in [5, 5.41) is 3.82. The Bertz CT molecular complexity index is 474. The zero-order valence-corrected chi connectivity index (χ0v) is 14.4. The molecule has 1 aliphatic heterocycles. The normalized spacial score (nSPS) is 24.2. The molecule has 1 fully saturated rings. The Morgan fingerprint density at radius 3 is 2.95 bits per heavy atom. The Morgan fingerprint density at radius 2 is 2.20 bits per heavy atom. The minimum absolute atomic E-state index is 0.431. The highest BCUT2D eigenvalue weighted by Crippen LogP contribution is 2.41. The van der Waals surface area contributed by atoms with Crippen LogP contribution in [0.5, 0.6) is 5.75 Å². The lowest BCUT2D eigenvalue weighted by Crippen LogP contribution is -2.38. The summed E-state index contributed by atoms with van der Waals surface area (Å²) in [6.07, 6.45) is 8.82. The minimum Gasteiger partial charge on any atom is -0.493 e. The summed E-state index contributed by atoms with van der Waals surface area (Å²) in [6, 6.07) is 6.77. The van der Waals surface area contributed by atoms with Gasteiger partial charge in [-0.15, -0.1) is 0 Å². The van der Waals surface area contributed by atoms with Crippen LogP contribution in [-0.2, 0) is 0 Å². The van der Waals surface area contributed by atoms with Crippen molar-refractivity contribution in [1.82, 2.24) is 5.32 Å². The van der Waals surface area contributed by atoms with Crippen LogP contribution in [0.1, 0.15) is 43.7 Å². The predicted molar refractivity (Wildman–Crippen MR) is 89.7 cm³/mol. The monoisotopic (exact) mass is 355 g/mol. The average Bonchev–Trinajstić information content (AvgIpc) is 2.94. The van der Waals surface area contributed by atoms with Gasteiger partial charge in [0, 0.05) is 33.8 Å². The van der Waals surface area contributed by atoms with Gasteiger partial charge >= 0.3 is 0 Å². The van der Waals surface area contributed by atoms with E-state index in [1.165, 1.54) is 31.2 Å². The Hall–Kier alpha value is -0.190. The molecular weight excluding hydrogens is 334 g/mol. The van der Waals surface area contributed by atoms with Crippen molar-refractivity contribution in [2.45, 2.75) is 42.9 Å². The molecule has 0 aromatic heterocycles. The molecule has 2 aliphatic rings. The van der Waals surface area contributed by atoms with E-state index < -0.39 is 0 Å². The summed E-state index contributed by atoms with van der Waals surface area (Å²) in [7, 11) is 0. The quantitative estimate of drug-likeness (QED) is 0.856. The largest absolute Gasteiger partial charge is 0.493 e. The van der Waals surface area contributed by atoms with Gasteiger partial charge in [-0.2, -0.15) is 11.8 Å². The van der Waals surface area contributed by atoms with Gasteiger partial charge in [0.25, 0.3) is 0 Å². The lowest BCUT2D eigenvalue weighted by molar-refractivity contribution is 0.250. The highest BCUT2D eigenvalue weighted by Gasteiger charge is 2.34. The number of halogens is 1. The number of hydrogen-bond donors (Lipinski definition) is 1. The van der Waals surface area contributed by atoms with E-state index in [1.807, 2.05) is 11.8 Å². The van der Waals surface area contributed by atoms with Crippen LogP contribution >= 0.6 is 27.7 Å². The van der Waals surface area contributed by atoms with E-state index in [-0.39, 0.29) is 0 Å². The minimum atomic E-state index is 0.431. The first-order chi connectivity index (χ1) is 9.72. The molecule has 20 heavy (non-hydrogen) atoms. The molecule has 1 atom stereocenters. The second-order valence-corrected chi connectivity index (χ2v) is 8.04. The number of rotatable bonds is 4. The summed E-state index contributed by atoms with van der Waals surface area (Å²) in [5.41, 5.74) is 1.31. The van der Waals surface area contributed by atoms with E-state index in [9.17, 15) is 0 Å². The average molecular weight is 356 g/mol. The fourth-order valence-electron chi connectivity index (χ4n) is 3.36. The molecule has 0 amide bonds. The fourth-order valence-corrected chi connectivity index (χ4v) is 4.66. The molecule has 1 heterocycles. The van der Waals surface area contributed by atoms with Gasteiger partial charge in [-0.3, -0.25) is 0 Å². The van der Waals surface area contributed by atoms with Crippen LogP contribution in [0.4, 0.5) is 0 Å². The maximum Gasteiger partial charge on any atom is 0.124 e. The summed E-state index contributed by atoms with van der Waals surface area (Å²) in [4.78, 5) is 0. The van der Waals surface area contributed by atoms with Crippen LogP contribution in [0, 0.1) is 0 Å². The molecule has 1 unspecified atom stereocenters. The second kappa shape index (κ2) is 6.29. The first kappa shape index (κ1) is 14.7. The number of fused-ring (bicyclic) bond motifs is 1. The van der Waals surface area contributed by atoms with E-state index in [1.54, 1.807) is 0 Å². The zero-order chi connectivity index (χ0) is 14.0. The van der Waals surface area contributed by atoms with Crippen LogP contribution in [0.3, 0.4) is 0 Å². The maximum atomic E-state index is 5.77. The molecule has 1 aliphatic carbocycles. The van der Waals surface area contributed by atoms with Gasteiger partial charge in [-0.1, -0.05) is 28.8 Å². The third-order valence-electron chi connectivity index (χ3n) is 4.63. The summed E-state index contributed by atoms with van der Waals surface area (Å²) in [5.74, 6) is 1.04. The van der Waals surface area contributed by atoms with E-state index in [0.29, 0.717) is 10.8 Å². The van der Waals surface area contributed by atoms with Gasteiger partial charge < -0.3 is 10.1 Å². The molecule has 0 radical (unpaired) electrons. The van der Waals surface area contributed by atoms with E-state index in [0.717, 1.165) is 29.8 Å². The van der Waals surface area contributed by atoms with Crippen LogP contribution in [0.15, 0.2) is 22.7 Å². The number of hydrogen-bond acceptors (Lipinski definition) is 3. The Labute approximate surface area is 134 Å². The number of nitrogens with one attached hydrogen (secondary N) is 1. The fraction of sp³-hybridized carbons (Fsp3) is 0.625. The van der Waals surface area contributed by atoms with Crippen LogP contribution in [0.25, 0.3) is 0 Å². The van der Waals surface area contributed by atoms with Crippen molar-refractivity contribution in [2.75, 3.05) is 19.4 Å². The van der Waals surface area contributed by atoms with Crippen molar-refractivity contribution in [3.8, 4) is 5.75 Å². The first-order valence-electron chi connectivity index (χ1n) is 7.43. The van der Waals surface area contributed by atoms with Gasteiger partial charge in [0.05, 0.1) is 6.61 Å². The van der Waals surface area contributed by atoms with Crippen LogP contribution in [-0.4, -0.2) is 24.2 Å². The number of thioether (sulfide) groups is 1. The van der Waals surface area contributed by atoms with Gasteiger partial charge in [0.15, 0.2) is 0 Å². The van der Waals surface area contributed by atoms with Crippen molar-refractivity contribution in [3.05, 3.63) is 28.2 Å². The highest BCUT2D eigenvalue weighted by molar-refractivity contribution is 9.10. The zero-order valence-electron chi connectivity index (χ0n) is 12.0. The van der Waals surface area contributed by atoms with Crippen molar-refractivity contribution in [1.29, 1.82) is 0 Å². The summed E-state index contributed by atoms with van der Waals surface area (Å²) < 4.78 is 7.36. The van der Waals surface area contributed by atoms with E-state index >= 15 is 0 Å². The lowest BCUT2D eigenvalue weighted by atomic mass is 9.99. The topological polar surface area (TPSA) is 21.3 Å². The molecule has 2 nitrogen and oxygen atoms in total. The third kappa shape index (κ3) is 3.02. The summed E-state index contributed by atoms with van der Waals surface area (Å²) in [6.45, 7) is 1.93. The Balaban J connectivity index is 1.71. The molecule has 1 saturated carbocycles. The molecule has 0 saturated heterocycles. The van der Waals surface area contributed by atoms with Gasteiger partial charge in [0.1, 0.15) is 5.75 Å². The third-order valence-corrected chi connectivity index (χ3v) is 6.54. The predicted octanol–water partition coefficient (Wildman–Crippen LogP) is 4.54. The van der Waals surface area contributed by atoms with Crippen molar-refractivity contribution < 1.29 is 4.74 Å². The van der Waals surface area contributed by atoms with Gasteiger partial charge in [-0.25, -0.2) is 0 Å². The molecular formula is C16H22BrNOS. The van der Waals surface area contributed by atoms with Crippen LogP contribution in [0.2, 0.25) is 0 Å². The number of ether oxygens (including phenoxy) is 1. The van der Waals surface area contributed by atoms with Crippen molar-refractivity contribution in [3.63, 3.8) is 0 Å². The SMILES string of the molecule is CSC1(CNC2CCOc3ccc(Br)cc32)CCCC1. The first-order valence-corrected chi connectivity index (χ1v) is 9.45. The molecule has 1 aromatic carbocycles. The molecule has 3 rings (SSSR count). The smallest absolute Gasteiger partial charge is 0.124 e. The molecule has 1 N–H and O–H groups in total. The molecule has 0 spiro atoms. The van der Waals surface area contributed by atoms with Crippen molar-refractivity contribution in [2.24, 2.45) is 0 Å². The van der Waals surface area contributed by atoms with E-state index in [2.05, 4.69) is 45.7 Å². The van der Waals surface area contributed by atoms with Crippen molar-refractivity contribution >= 4 is 27.7 Å².